The van der Waals surface area contributed by atoms with Gasteiger partial charge in [0.15, 0.2) is 11.0 Å². The summed E-state index contributed by atoms with van der Waals surface area (Å²) in [5.74, 6) is 1.74. The van der Waals surface area contributed by atoms with E-state index in [9.17, 15) is 4.79 Å². The van der Waals surface area contributed by atoms with Crippen LogP contribution in [0.1, 0.15) is 38.6 Å². The van der Waals surface area contributed by atoms with Crippen LogP contribution in [0.15, 0.2) is 90.1 Å². The Labute approximate surface area is 217 Å². The third-order valence-corrected chi connectivity index (χ3v) is 6.60. The maximum absolute atomic E-state index is 13.2. The Morgan fingerprint density at radius 1 is 0.944 bits per heavy atom. The van der Waals surface area contributed by atoms with E-state index in [0.717, 1.165) is 30.0 Å². The molecule has 36 heavy (non-hydrogen) atoms. The molecular weight excluding hydrogens is 468 g/mol. The minimum atomic E-state index is 0.0220. The van der Waals surface area contributed by atoms with Gasteiger partial charge in [-0.25, -0.2) is 0 Å². The predicted octanol–water partition coefficient (Wildman–Crippen LogP) is 6.33. The number of aryl methyl sites for hydroxylation is 1. The second-order valence-corrected chi connectivity index (χ2v) is 9.68. The smallest absolute Gasteiger partial charge is 0.237 e. The van der Waals surface area contributed by atoms with Crippen molar-refractivity contribution >= 4 is 23.4 Å². The summed E-state index contributed by atoms with van der Waals surface area (Å²) in [4.78, 5) is 15.0. The number of hydrogen-bond donors (Lipinski definition) is 0. The number of anilines is 1. The molecule has 0 N–H and O–H groups in total. The summed E-state index contributed by atoms with van der Waals surface area (Å²) >= 11 is 1.38. The van der Waals surface area contributed by atoms with E-state index < -0.39 is 0 Å². The molecule has 0 bridgehead atoms. The number of nitrogens with zero attached hydrogens (tertiary/aromatic N) is 4. The van der Waals surface area contributed by atoms with Crippen molar-refractivity contribution in [1.29, 1.82) is 0 Å². The van der Waals surface area contributed by atoms with Gasteiger partial charge in [-0.1, -0.05) is 73.6 Å². The zero-order chi connectivity index (χ0) is 25.3. The maximum atomic E-state index is 13.2. The van der Waals surface area contributed by atoms with Gasteiger partial charge in [0.05, 0.1) is 5.75 Å². The highest BCUT2D eigenvalue weighted by Crippen LogP contribution is 2.25. The van der Waals surface area contributed by atoms with Crippen molar-refractivity contribution in [2.45, 2.75) is 51.4 Å². The number of ether oxygens (including phenoxy) is 1. The molecule has 1 amide bonds. The van der Waals surface area contributed by atoms with Crippen molar-refractivity contribution in [2.24, 2.45) is 0 Å². The van der Waals surface area contributed by atoms with E-state index >= 15 is 0 Å². The molecule has 6 nitrogen and oxygen atoms in total. The first kappa shape index (κ1) is 25.5. The first-order valence-electron chi connectivity index (χ1n) is 12.3. The van der Waals surface area contributed by atoms with E-state index in [1.807, 2.05) is 96.1 Å². The van der Waals surface area contributed by atoms with Gasteiger partial charge in [0.2, 0.25) is 5.91 Å². The normalized spacial score (nSPS) is 11.0. The van der Waals surface area contributed by atoms with Gasteiger partial charge in [0.1, 0.15) is 12.4 Å². The molecule has 3 aromatic carbocycles. The number of carbonyl (C=O) groups excluding carboxylic acids is 1. The summed E-state index contributed by atoms with van der Waals surface area (Å²) in [6.07, 6.45) is 2.17. The average molecular weight is 501 g/mol. The van der Waals surface area contributed by atoms with Gasteiger partial charge in [0, 0.05) is 17.4 Å². The average Bonchev–Trinajstić information content (AvgIpc) is 3.31. The lowest BCUT2D eigenvalue weighted by molar-refractivity contribution is -0.116. The number of hydrogen-bond acceptors (Lipinski definition) is 5. The molecule has 7 heteroatoms. The molecule has 0 fully saturated rings. The van der Waals surface area contributed by atoms with E-state index in [-0.39, 0.29) is 24.3 Å². The van der Waals surface area contributed by atoms with Crippen molar-refractivity contribution in [2.75, 3.05) is 10.7 Å². The highest BCUT2D eigenvalue weighted by Gasteiger charge is 2.22. The van der Waals surface area contributed by atoms with E-state index in [4.69, 9.17) is 4.74 Å². The lowest BCUT2D eigenvalue weighted by Crippen LogP contribution is -2.38. The third kappa shape index (κ3) is 6.34. The minimum Gasteiger partial charge on any atom is -0.486 e. The summed E-state index contributed by atoms with van der Waals surface area (Å²) in [7, 11) is 0. The fourth-order valence-electron chi connectivity index (χ4n) is 4.03. The second-order valence-electron chi connectivity index (χ2n) is 8.73. The van der Waals surface area contributed by atoms with Gasteiger partial charge in [0.25, 0.3) is 0 Å². The van der Waals surface area contributed by atoms with Gasteiger partial charge < -0.3 is 9.64 Å². The lowest BCUT2D eigenvalue weighted by Gasteiger charge is -2.26. The third-order valence-electron chi connectivity index (χ3n) is 5.69. The fraction of sp³-hybridized carbons (Fsp3) is 0.276. The molecule has 1 aromatic heterocycles. The SMILES string of the molecule is CCCc1ccc(OCc2nnc(SCC(=O)N(c3ccccc3)C(C)C)n2-c2ccccc2)cc1. The molecule has 186 valence electrons. The Morgan fingerprint density at radius 2 is 1.61 bits per heavy atom. The summed E-state index contributed by atoms with van der Waals surface area (Å²) in [5.41, 5.74) is 3.12. The maximum Gasteiger partial charge on any atom is 0.237 e. The predicted molar refractivity (Wildman–Crippen MR) is 146 cm³/mol. The molecule has 0 spiro atoms. The quantitative estimate of drug-likeness (QED) is 0.225. The monoisotopic (exact) mass is 500 g/mol. The number of rotatable bonds is 11. The number of thioether (sulfide) groups is 1. The minimum absolute atomic E-state index is 0.0220. The lowest BCUT2D eigenvalue weighted by atomic mass is 10.1. The number of amides is 1. The van der Waals surface area contributed by atoms with Gasteiger partial charge >= 0.3 is 0 Å². The van der Waals surface area contributed by atoms with Crippen molar-refractivity contribution in [3.63, 3.8) is 0 Å². The fourth-order valence-corrected chi connectivity index (χ4v) is 4.86. The molecular formula is C29H32N4O2S. The van der Waals surface area contributed by atoms with Crippen LogP contribution >= 0.6 is 11.8 Å². The number of aromatic nitrogens is 3. The Kier molecular flexibility index (Phi) is 8.79. The van der Waals surface area contributed by atoms with Crippen LogP contribution in [-0.4, -0.2) is 32.5 Å². The topological polar surface area (TPSA) is 60.3 Å². The molecule has 4 rings (SSSR count). The number of benzene rings is 3. The largest absolute Gasteiger partial charge is 0.486 e. The molecule has 0 unspecified atom stereocenters. The number of carbonyl (C=O) groups is 1. The van der Waals surface area contributed by atoms with E-state index in [1.165, 1.54) is 17.3 Å². The standard InChI is InChI=1S/C29H32N4O2S/c1-4-11-23-16-18-26(19-17-23)35-20-27-30-31-29(33(27)25-14-9-6-10-15-25)36-21-28(34)32(22(2)3)24-12-7-5-8-13-24/h5-10,12-19,22H,4,11,20-21H2,1-3H3. The highest BCUT2D eigenvalue weighted by atomic mass is 32.2. The van der Waals surface area contributed by atoms with Crippen LogP contribution in [0.5, 0.6) is 5.75 Å². The van der Waals surface area contributed by atoms with Gasteiger partial charge in [-0.2, -0.15) is 0 Å². The van der Waals surface area contributed by atoms with Crippen LogP contribution in [0.25, 0.3) is 5.69 Å². The summed E-state index contributed by atoms with van der Waals surface area (Å²) in [6.45, 7) is 6.48. The van der Waals surface area contributed by atoms with Gasteiger partial charge in [-0.05, 0) is 62.2 Å². The van der Waals surface area contributed by atoms with Crippen LogP contribution < -0.4 is 9.64 Å². The van der Waals surface area contributed by atoms with Gasteiger partial charge in [-0.15, -0.1) is 10.2 Å². The summed E-state index contributed by atoms with van der Waals surface area (Å²) in [5, 5.41) is 9.49. The molecule has 0 atom stereocenters. The summed E-state index contributed by atoms with van der Waals surface area (Å²) in [6, 6.07) is 27.9. The van der Waals surface area contributed by atoms with Crippen molar-refractivity contribution in [3.05, 3.63) is 96.3 Å². The molecule has 0 aliphatic carbocycles. The van der Waals surface area contributed by atoms with Gasteiger partial charge in [-0.3, -0.25) is 9.36 Å². The molecule has 4 aromatic rings. The van der Waals surface area contributed by atoms with E-state index in [0.29, 0.717) is 11.0 Å². The molecule has 0 saturated heterocycles. The van der Waals surface area contributed by atoms with E-state index in [1.54, 1.807) is 0 Å². The Hall–Kier alpha value is -3.58. The molecule has 1 heterocycles. The Morgan fingerprint density at radius 3 is 2.25 bits per heavy atom. The molecule has 0 saturated carbocycles. The zero-order valence-electron chi connectivity index (χ0n) is 21.0. The van der Waals surface area contributed by atoms with Crippen LogP contribution in [0.2, 0.25) is 0 Å². The van der Waals surface area contributed by atoms with Crippen LogP contribution in [-0.2, 0) is 17.8 Å². The molecule has 0 aliphatic heterocycles. The summed E-state index contributed by atoms with van der Waals surface area (Å²) < 4.78 is 8.01. The van der Waals surface area contributed by atoms with Crippen molar-refractivity contribution in [1.82, 2.24) is 14.8 Å². The number of para-hydroxylation sites is 2. The zero-order valence-corrected chi connectivity index (χ0v) is 21.8. The van der Waals surface area contributed by atoms with Crippen molar-refractivity contribution in [3.8, 4) is 11.4 Å². The Balaban J connectivity index is 1.51. The van der Waals surface area contributed by atoms with Crippen LogP contribution in [0, 0.1) is 0 Å². The highest BCUT2D eigenvalue weighted by molar-refractivity contribution is 7.99. The second kappa shape index (κ2) is 12.4. The van der Waals surface area contributed by atoms with Crippen molar-refractivity contribution < 1.29 is 9.53 Å². The molecule has 0 radical (unpaired) electrons. The Bertz CT molecular complexity index is 1240. The first-order chi connectivity index (χ1) is 17.6. The van der Waals surface area contributed by atoms with E-state index in [2.05, 4.69) is 29.3 Å². The van der Waals surface area contributed by atoms with Crippen LogP contribution in [0.3, 0.4) is 0 Å². The molecule has 0 aliphatic rings. The van der Waals surface area contributed by atoms with Crippen LogP contribution in [0.4, 0.5) is 5.69 Å². The first-order valence-corrected chi connectivity index (χ1v) is 13.3.